The molecule has 0 bridgehead atoms. The minimum Gasteiger partial charge on any atom is -0.462 e. The Kier molecular flexibility index (Phi) is 12.8. The molecular formula is C33H38N4O6. The molecule has 0 radical (unpaired) electrons. The van der Waals surface area contributed by atoms with E-state index in [1.54, 1.807) is 12.1 Å². The zero-order chi connectivity index (χ0) is 31.2. The highest BCUT2D eigenvalue weighted by Crippen LogP contribution is 2.49. The molecule has 0 atom stereocenters. The van der Waals surface area contributed by atoms with E-state index in [-0.39, 0.29) is 45.7 Å². The van der Waals surface area contributed by atoms with Gasteiger partial charge in [-0.25, -0.2) is 4.79 Å². The molecule has 0 amide bonds. The fourth-order valence-electron chi connectivity index (χ4n) is 5.54. The number of allylic oxidation sites excluding steroid dienone is 1. The standard InChI is InChI=1S/C33H38N4O6/c1-2-3-4-5-6-7-8-9-10-11-12-13-14-15-18-43-33(38)30-21-26(37(41)42)20-29-31(24(22-34)23-35)28-19-25(36(39)40)16-17-27(28)32(29)30/h16-17,19-21H,2-15,18H2,1H3. The molecule has 10 nitrogen and oxygen atoms in total. The van der Waals surface area contributed by atoms with E-state index in [0.29, 0.717) is 12.0 Å². The highest BCUT2D eigenvalue weighted by molar-refractivity contribution is 6.11. The Bertz CT molecular complexity index is 1430. The van der Waals surface area contributed by atoms with Crippen LogP contribution in [0.15, 0.2) is 35.9 Å². The van der Waals surface area contributed by atoms with Gasteiger partial charge in [-0.3, -0.25) is 20.2 Å². The van der Waals surface area contributed by atoms with Gasteiger partial charge in [-0.15, -0.1) is 0 Å². The van der Waals surface area contributed by atoms with Crippen molar-refractivity contribution in [2.45, 2.75) is 96.8 Å². The zero-order valence-electron chi connectivity index (χ0n) is 24.7. The van der Waals surface area contributed by atoms with Crippen LogP contribution in [0.1, 0.15) is 118 Å². The molecule has 0 aliphatic heterocycles. The van der Waals surface area contributed by atoms with Crippen LogP contribution in [0.3, 0.4) is 0 Å². The molecule has 226 valence electrons. The smallest absolute Gasteiger partial charge is 0.339 e. The molecule has 0 fully saturated rings. The molecular weight excluding hydrogens is 548 g/mol. The van der Waals surface area contributed by atoms with E-state index >= 15 is 0 Å². The van der Waals surface area contributed by atoms with E-state index < -0.39 is 21.5 Å². The Labute approximate surface area is 252 Å². The third-order valence-corrected chi connectivity index (χ3v) is 7.78. The van der Waals surface area contributed by atoms with Gasteiger partial charge in [-0.2, -0.15) is 10.5 Å². The Hall–Kier alpha value is -4.57. The predicted octanol–water partition coefficient (Wildman–Crippen LogP) is 8.97. The molecule has 0 unspecified atom stereocenters. The van der Waals surface area contributed by atoms with Crippen molar-refractivity contribution < 1.29 is 19.4 Å². The quantitative estimate of drug-likeness (QED) is 0.0469. The average molecular weight is 587 g/mol. The van der Waals surface area contributed by atoms with Crippen molar-refractivity contribution in [3.05, 3.63) is 72.8 Å². The summed E-state index contributed by atoms with van der Waals surface area (Å²) in [6.45, 7) is 2.38. The van der Waals surface area contributed by atoms with Crippen molar-refractivity contribution in [2.75, 3.05) is 6.61 Å². The summed E-state index contributed by atoms with van der Waals surface area (Å²) in [4.78, 5) is 35.1. The van der Waals surface area contributed by atoms with Crippen LogP contribution in [0.25, 0.3) is 16.7 Å². The van der Waals surface area contributed by atoms with Gasteiger partial charge in [0.15, 0.2) is 0 Å². The SMILES string of the molecule is CCCCCCCCCCCCCCCCOC(=O)c1cc([N+](=O)[O-])cc2c1-c1ccc([N+](=O)[O-])cc1C2=C(C#N)C#N. The normalized spacial score (nSPS) is 11.3. The summed E-state index contributed by atoms with van der Waals surface area (Å²) in [5, 5.41) is 42.3. The molecule has 3 rings (SSSR count). The molecule has 2 aromatic carbocycles. The molecule has 43 heavy (non-hydrogen) atoms. The Morgan fingerprint density at radius 2 is 1.23 bits per heavy atom. The molecule has 0 saturated carbocycles. The molecule has 10 heteroatoms. The van der Waals surface area contributed by atoms with Gasteiger partial charge >= 0.3 is 5.97 Å². The molecule has 0 heterocycles. The molecule has 0 spiro atoms. The van der Waals surface area contributed by atoms with E-state index in [4.69, 9.17) is 4.74 Å². The molecule has 2 aromatic rings. The van der Waals surface area contributed by atoms with E-state index in [9.17, 15) is 35.5 Å². The lowest BCUT2D eigenvalue weighted by atomic mass is 9.96. The maximum atomic E-state index is 13.2. The fourth-order valence-corrected chi connectivity index (χ4v) is 5.54. The van der Waals surface area contributed by atoms with Crippen molar-refractivity contribution in [3.63, 3.8) is 0 Å². The topological polar surface area (TPSA) is 160 Å². The number of ether oxygens (including phenoxy) is 1. The van der Waals surface area contributed by atoms with Crippen molar-refractivity contribution in [3.8, 4) is 23.3 Å². The second-order valence-electron chi connectivity index (χ2n) is 10.9. The molecule has 0 saturated heterocycles. The molecule has 1 aliphatic rings. The van der Waals surface area contributed by atoms with Crippen LogP contribution >= 0.6 is 0 Å². The third kappa shape index (κ3) is 8.71. The van der Waals surface area contributed by atoms with Crippen LogP contribution in [-0.2, 0) is 4.74 Å². The first-order valence-corrected chi connectivity index (χ1v) is 15.2. The number of carbonyl (C=O) groups is 1. The maximum Gasteiger partial charge on any atom is 0.339 e. The first-order valence-electron chi connectivity index (χ1n) is 15.2. The number of nitro benzene ring substituents is 2. The zero-order valence-corrected chi connectivity index (χ0v) is 24.7. The van der Waals surface area contributed by atoms with Crippen molar-refractivity contribution in [2.24, 2.45) is 0 Å². The van der Waals surface area contributed by atoms with Crippen LogP contribution in [-0.4, -0.2) is 22.4 Å². The van der Waals surface area contributed by atoms with Crippen LogP contribution in [0.5, 0.6) is 0 Å². The van der Waals surface area contributed by atoms with Crippen molar-refractivity contribution >= 4 is 22.9 Å². The van der Waals surface area contributed by atoms with Crippen LogP contribution < -0.4 is 0 Å². The number of nitro groups is 2. The number of nitrogens with zero attached hydrogens (tertiary/aromatic N) is 4. The van der Waals surface area contributed by atoms with E-state index in [1.807, 2.05) is 0 Å². The van der Waals surface area contributed by atoms with Gasteiger partial charge in [0.1, 0.15) is 17.7 Å². The van der Waals surface area contributed by atoms with E-state index in [2.05, 4.69) is 6.92 Å². The Morgan fingerprint density at radius 1 is 0.721 bits per heavy atom. The van der Waals surface area contributed by atoms with Gasteiger partial charge in [0, 0.05) is 35.4 Å². The van der Waals surface area contributed by atoms with Gasteiger partial charge in [0.25, 0.3) is 11.4 Å². The number of hydrogen-bond acceptors (Lipinski definition) is 8. The van der Waals surface area contributed by atoms with Crippen LogP contribution in [0.4, 0.5) is 11.4 Å². The van der Waals surface area contributed by atoms with Gasteiger partial charge in [0.2, 0.25) is 0 Å². The van der Waals surface area contributed by atoms with Crippen molar-refractivity contribution in [1.29, 1.82) is 10.5 Å². The van der Waals surface area contributed by atoms with Crippen LogP contribution in [0, 0.1) is 42.9 Å². The number of hydrogen-bond donors (Lipinski definition) is 0. The summed E-state index contributed by atoms with van der Waals surface area (Å²) < 4.78 is 5.50. The number of non-ortho nitro benzene ring substituents is 2. The average Bonchev–Trinajstić information content (AvgIpc) is 3.32. The van der Waals surface area contributed by atoms with E-state index in [1.165, 1.54) is 88.5 Å². The number of nitriles is 2. The highest BCUT2D eigenvalue weighted by Gasteiger charge is 2.34. The number of carbonyl (C=O) groups excluding carboxylic acids is 1. The number of rotatable bonds is 18. The summed E-state index contributed by atoms with van der Waals surface area (Å²) in [5.74, 6) is -0.768. The summed E-state index contributed by atoms with van der Waals surface area (Å²) in [7, 11) is 0. The maximum absolute atomic E-state index is 13.2. The minimum atomic E-state index is -0.768. The number of fused-ring (bicyclic) bond motifs is 3. The van der Waals surface area contributed by atoms with Crippen molar-refractivity contribution in [1.82, 2.24) is 0 Å². The number of benzene rings is 2. The predicted molar refractivity (Wildman–Crippen MR) is 163 cm³/mol. The summed E-state index contributed by atoms with van der Waals surface area (Å²) in [6, 6.07) is 9.69. The first-order chi connectivity index (χ1) is 20.8. The highest BCUT2D eigenvalue weighted by atomic mass is 16.6. The molecule has 0 N–H and O–H groups in total. The number of unbranched alkanes of at least 4 members (excludes halogenated alkanes) is 13. The molecule has 1 aliphatic carbocycles. The number of esters is 1. The summed E-state index contributed by atoms with van der Waals surface area (Å²) >= 11 is 0. The minimum absolute atomic E-state index is 0.0171. The summed E-state index contributed by atoms with van der Waals surface area (Å²) in [5.41, 5.74) is -0.236. The van der Waals surface area contributed by atoms with Gasteiger partial charge in [-0.1, -0.05) is 90.4 Å². The second-order valence-corrected chi connectivity index (χ2v) is 10.9. The third-order valence-electron chi connectivity index (χ3n) is 7.78. The Morgan fingerprint density at radius 3 is 1.74 bits per heavy atom. The lowest BCUT2D eigenvalue weighted by Gasteiger charge is -2.10. The van der Waals surface area contributed by atoms with Gasteiger partial charge in [0.05, 0.1) is 22.0 Å². The summed E-state index contributed by atoms with van der Waals surface area (Å²) in [6.07, 6.45) is 16.7. The second kappa shape index (κ2) is 16.8. The fraction of sp³-hybridized carbons (Fsp3) is 0.485. The lowest BCUT2D eigenvalue weighted by Crippen LogP contribution is -2.09. The first kappa shape index (κ1) is 32.9. The van der Waals surface area contributed by atoms with E-state index in [0.717, 1.165) is 25.3 Å². The monoisotopic (exact) mass is 586 g/mol. The lowest BCUT2D eigenvalue weighted by molar-refractivity contribution is -0.385. The Balaban J connectivity index is 1.61. The van der Waals surface area contributed by atoms with Gasteiger partial charge < -0.3 is 4.74 Å². The molecule has 0 aromatic heterocycles. The largest absolute Gasteiger partial charge is 0.462 e. The van der Waals surface area contributed by atoms with Crippen LogP contribution in [0.2, 0.25) is 0 Å². The van der Waals surface area contributed by atoms with Gasteiger partial charge in [-0.05, 0) is 29.2 Å².